The van der Waals surface area contributed by atoms with Gasteiger partial charge >= 0.3 is 12.1 Å². The average Bonchev–Trinajstić information content (AvgIpc) is 3.30. The summed E-state index contributed by atoms with van der Waals surface area (Å²) in [6, 6.07) is 22.7. The van der Waals surface area contributed by atoms with Crippen molar-refractivity contribution in [3.05, 3.63) is 95.7 Å². The second kappa shape index (κ2) is 14.8. The Hall–Kier alpha value is -4.07. The Labute approximate surface area is 260 Å². The molecule has 1 aromatic heterocycles. The predicted molar refractivity (Wildman–Crippen MR) is 166 cm³/mol. The second-order valence-electron chi connectivity index (χ2n) is 10.6. The van der Waals surface area contributed by atoms with Crippen molar-refractivity contribution in [2.24, 2.45) is 0 Å². The van der Waals surface area contributed by atoms with Crippen molar-refractivity contribution < 1.29 is 41.0 Å². The van der Waals surface area contributed by atoms with Gasteiger partial charge in [-0.1, -0.05) is 36.4 Å². The predicted octanol–water partition coefficient (Wildman–Crippen LogP) is 5.48. The van der Waals surface area contributed by atoms with Crippen molar-refractivity contribution in [2.75, 3.05) is 23.6 Å². The number of benzene rings is 3. The topological polar surface area (TPSA) is 119 Å². The fraction of sp³-hybridized carbons (Fsp3) is 0.344. The van der Waals surface area contributed by atoms with E-state index in [0.717, 1.165) is 16.5 Å². The molecule has 0 amide bonds. The normalized spacial score (nSPS) is 13.4. The molecule has 2 unspecified atom stereocenters. The summed E-state index contributed by atoms with van der Waals surface area (Å²) in [6.45, 7) is 4.72. The van der Waals surface area contributed by atoms with Crippen LogP contribution in [0.2, 0.25) is 0 Å². The van der Waals surface area contributed by atoms with Gasteiger partial charge in [-0.2, -0.15) is 13.2 Å². The Bertz CT molecular complexity index is 1680. The number of hydrogen-bond donors (Lipinski definition) is 3. The standard InChI is InChI=1S/C32H36F3N3O6S/c1-3-43-31(40)29-19-25-18-24(17-22(2)36-16-15-30(39)44-27-7-5-4-6-8-27)11-14-28(25)38(29)20-23-9-12-26(13-10-23)37-45(41,42)21-32(33,34)35/h4-14,18-19,22,30,36-37,39H,3,15-17,20-21H2,1-2H3. The molecule has 9 nitrogen and oxygen atoms in total. The molecule has 0 radical (unpaired) electrons. The minimum Gasteiger partial charge on any atom is -0.465 e. The van der Waals surface area contributed by atoms with Crippen LogP contribution in [0.4, 0.5) is 18.9 Å². The monoisotopic (exact) mass is 647 g/mol. The molecule has 0 saturated carbocycles. The van der Waals surface area contributed by atoms with Crippen molar-refractivity contribution in [3.63, 3.8) is 0 Å². The van der Waals surface area contributed by atoms with Crippen LogP contribution in [0, 0.1) is 0 Å². The third-order valence-corrected chi connectivity index (χ3v) is 8.07. The molecule has 0 bridgehead atoms. The first-order valence-corrected chi connectivity index (χ1v) is 16.1. The molecule has 0 aliphatic rings. The Kier molecular flexibility index (Phi) is 11.1. The van der Waals surface area contributed by atoms with Crippen LogP contribution < -0.4 is 14.8 Å². The number of rotatable bonds is 15. The highest BCUT2D eigenvalue weighted by atomic mass is 32.2. The lowest BCUT2D eigenvalue weighted by Crippen LogP contribution is -2.32. The molecule has 1 heterocycles. The lowest BCUT2D eigenvalue weighted by molar-refractivity contribution is -0.106. The number of nitrogens with one attached hydrogen (secondary N) is 2. The number of anilines is 1. The molecule has 45 heavy (non-hydrogen) atoms. The summed E-state index contributed by atoms with van der Waals surface area (Å²) >= 11 is 0. The third-order valence-electron chi connectivity index (χ3n) is 6.81. The number of aliphatic hydroxyl groups excluding tert-OH is 1. The number of alkyl halides is 3. The molecule has 2 atom stereocenters. The van der Waals surface area contributed by atoms with Gasteiger partial charge in [-0.15, -0.1) is 0 Å². The zero-order chi connectivity index (χ0) is 32.6. The number of hydrogen-bond acceptors (Lipinski definition) is 7. The first-order valence-electron chi connectivity index (χ1n) is 14.4. The zero-order valence-corrected chi connectivity index (χ0v) is 25.7. The smallest absolute Gasteiger partial charge is 0.404 e. The SMILES string of the molecule is CCOC(=O)c1cc2cc(CC(C)NCCC(O)Oc3ccccc3)ccc2n1Cc1ccc(NS(=O)(=O)CC(F)(F)F)cc1. The van der Waals surface area contributed by atoms with Crippen molar-refractivity contribution in [2.45, 2.75) is 51.7 Å². The molecule has 4 aromatic rings. The highest BCUT2D eigenvalue weighted by Gasteiger charge is 2.35. The van der Waals surface area contributed by atoms with Gasteiger partial charge in [-0.25, -0.2) is 13.2 Å². The van der Waals surface area contributed by atoms with E-state index in [1.807, 2.05) is 48.0 Å². The summed E-state index contributed by atoms with van der Waals surface area (Å²) in [7, 11) is -4.60. The Morgan fingerprint density at radius 3 is 2.36 bits per heavy atom. The van der Waals surface area contributed by atoms with E-state index in [0.29, 0.717) is 36.4 Å². The van der Waals surface area contributed by atoms with Crippen LogP contribution in [-0.2, 0) is 27.7 Å². The van der Waals surface area contributed by atoms with E-state index in [1.54, 1.807) is 41.8 Å². The summed E-state index contributed by atoms with van der Waals surface area (Å²) < 4.78 is 75.8. The van der Waals surface area contributed by atoms with Crippen LogP contribution in [0.1, 0.15) is 41.9 Å². The van der Waals surface area contributed by atoms with Crippen molar-refractivity contribution in [3.8, 4) is 5.75 Å². The average molecular weight is 648 g/mol. The van der Waals surface area contributed by atoms with Gasteiger partial charge in [0.2, 0.25) is 10.0 Å². The highest BCUT2D eigenvalue weighted by Crippen LogP contribution is 2.25. The molecule has 0 saturated heterocycles. The Morgan fingerprint density at radius 1 is 1.00 bits per heavy atom. The molecule has 3 aromatic carbocycles. The van der Waals surface area contributed by atoms with Gasteiger partial charge in [0, 0.05) is 42.1 Å². The molecule has 13 heteroatoms. The molecule has 0 fully saturated rings. The lowest BCUT2D eigenvalue weighted by Gasteiger charge is -2.17. The fourth-order valence-electron chi connectivity index (χ4n) is 4.88. The zero-order valence-electron chi connectivity index (χ0n) is 24.9. The molecule has 0 aliphatic heterocycles. The van der Waals surface area contributed by atoms with Gasteiger partial charge in [-0.3, -0.25) is 4.72 Å². The van der Waals surface area contributed by atoms with E-state index in [-0.39, 0.29) is 24.9 Å². The Balaban J connectivity index is 1.43. The van der Waals surface area contributed by atoms with E-state index in [2.05, 4.69) is 5.32 Å². The van der Waals surface area contributed by atoms with Crippen LogP contribution in [0.15, 0.2) is 78.9 Å². The number of aromatic nitrogens is 1. The number of para-hydroxylation sites is 1. The van der Waals surface area contributed by atoms with E-state index in [1.165, 1.54) is 12.1 Å². The van der Waals surface area contributed by atoms with E-state index in [9.17, 15) is 31.5 Å². The van der Waals surface area contributed by atoms with E-state index < -0.39 is 34.2 Å². The van der Waals surface area contributed by atoms with Gasteiger partial charge < -0.3 is 24.5 Å². The molecule has 4 rings (SSSR count). The minimum atomic E-state index is -4.86. The first-order chi connectivity index (χ1) is 21.3. The summed E-state index contributed by atoms with van der Waals surface area (Å²) in [6.07, 6.45) is -4.69. The van der Waals surface area contributed by atoms with Gasteiger partial charge in [0.1, 0.15) is 11.4 Å². The Morgan fingerprint density at radius 2 is 1.69 bits per heavy atom. The summed E-state index contributed by atoms with van der Waals surface area (Å²) in [5.74, 6) is -1.88. The molecule has 0 aliphatic carbocycles. The van der Waals surface area contributed by atoms with Gasteiger partial charge in [-0.05, 0) is 73.9 Å². The number of carbonyl (C=O) groups is 1. The third kappa shape index (κ3) is 10.2. The number of aliphatic hydroxyl groups is 1. The number of carbonyl (C=O) groups excluding carboxylic acids is 1. The number of ether oxygens (including phenoxy) is 2. The van der Waals surface area contributed by atoms with Crippen LogP contribution >= 0.6 is 0 Å². The fourth-order valence-corrected chi connectivity index (χ4v) is 5.88. The van der Waals surface area contributed by atoms with Crippen LogP contribution in [0.25, 0.3) is 10.9 Å². The van der Waals surface area contributed by atoms with Gasteiger partial charge in [0.25, 0.3) is 0 Å². The molecular formula is C32H36F3N3O6S. The van der Waals surface area contributed by atoms with Crippen LogP contribution in [-0.4, -0.2) is 61.5 Å². The van der Waals surface area contributed by atoms with Crippen molar-refractivity contribution in [1.82, 2.24) is 9.88 Å². The maximum atomic E-state index is 12.8. The lowest BCUT2D eigenvalue weighted by atomic mass is 10.0. The minimum absolute atomic E-state index is 0.00317. The van der Waals surface area contributed by atoms with E-state index in [4.69, 9.17) is 9.47 Å². The van der Waals surface area contributed by atoms with E-state index >= 15 is 0 Å². The second-order valence-corrected chi connectivity index (χ2v) is 12.4. The number of sulfonamides is 1. The van der Waals surface area contributed by atoms with Crippen molar-refractivity contribution in [1.29, 1.82) is 0 Å². The quantitative estimate of drug-likeness (QED) is 0.116. The van der Waals surface area contributed by atoms with Gasteiger partial charge in [0.15, 0.2) is 12.0 Å². The highest BCUT2D eigenvalue weighted by molar-refractivity contribution is 7.92. The molecule has 3 N–H and O–H groups in total. The summed E-state index contributed by atoms with van der Waals surface area (Å²) in [4.78, 5) is 12.8. The number of fused-ring (bicyclic) bond motifs is 1. The summed E-state index contributed by atoms with van der Waals surface area (Å²) in [5, 5.41) is 14.4. The maximum Gasteiger partial charge on any atom is 0.404 e. The number of esters is 1. The molecule has 242 valence electrons. The largest absolute Gasteiger partial charge is 0.465 e. The molecular weight excluding hydrogens is 611 g/mol. The van der Waals surface area contributed by atoms with Crippen LogP contribution in [0.5, 0.6) is 5.75 Å². The summed E-state index contributed by atoms with van der Waals surface area (Å²) in [5.41, 5.74) is 2.83. The molecule has 0 spiro atoms. The van der Waals surface area contributed by atoms with Crippen LogP contribution in [0.3, 0.4) is 0 Å². The maximum absolute atomic E-state index is 12.8. The first kappa shape index (κ1) is 33.8. The van der Waals surface area contributed by atoms with Crippen molar-refractivity contribution >= 4 is 32.6 Å². The van der Waals surface area contributed by atoms with Gasteiger partial charge in [0.05, 0.1) is 6.61 Å². The number of nitrogens with zero attached hydrogens (tertiary/aromatic N) is 1. The number of halogens is 3.